The van der Waals surface area contributed by atoms with Crippen molar-refractivity contribution in [2.75, 3.05) is 14.2 Å². The van der Waals surface area contributed by atoms with Crippen LogP contribution in [0.5, 0.6) is 11.5 Å². The quantitative estimate of drug-likeness (QED) is 0.670. The van der Waals surface area contributed by atoms with E-state index in [1.165, 1.54) is 26.4 Å². The SMILES string of the molecule is COc1ccc(S(=O)(=O)NCc2cccnc2-c2ccsc2)cc1OC. The first-order valence-corrected chi connectivity index (χ1v) is 10.2. The van der Waals surface area contributed by atoms with Gasteiger partial charge in [-0.05, 0) is 35.2 Å². The second-order valence-corrected chi connectivity index (χ2v) is 7.91. The number of aromatic nitrogens is 1. The van der Waals surface area contributed by atoms with Gasteiger partial charge in [-0.3, -0.25) is 4.98 Å². The first kappa shape index (κ1) is 18.4. The summed E-state index contributed by atoms with van der Waals surface area (Å²) in [6.45, 7) is 0.135. The van der Waals surface area contributed by atoms with Crippen LogP contribution in [0, 0.1) is 0 Å². The Morgan fingerprint density at radius 2 is 1.92 bits per heavy atom. The molecule has 0 unspecified atom stereocenters. The molecule has 0 aliphatic rings. The molecule has 8 heteroatoms. The zero-order chi connectivity index (χ0) is 18.6. The Balaban J connectivity index is 1.84. The molecule has 0 aliphatic heterocycles. The van der Waals surface area contributed by atoms with Gasteiger partial charge in [-0.15, -0.1) is 0 Å². The molecule has 2 heterocycles. The average Bonchev–Trinajstić information content (AvgIpc) is 3.20. The minimum Gasteiger partial charge on any atom is -0.493 e. The third kappa shape index (κ3) is 3.87. The van der Waals surface area contributed by atoms with Crippen molar-refractivity contribution in [3.8, 4) is 22.8 Å². The van der Waals surface area contributed by atoms with Crippen LogP contribution in [-0.2, 0) is 16.6 Å². The fourth-order valence-electron chi connectivity index (χ4n) is 2.48. The van der Waals surface area contributed by atoms with Crippen LogP contribution in [-0.4, -0.2) is 27.6 Å². The lowest BCUT2D eigenvalue weighted by atomic mass is 10.1. The Morgan fingerprint density at radius 3 is 2.62 bits per heavy atom. The van der Waals surface area contributed by atoms with E-state index in [2.05, 4.69) is 9.71 Å². The number of nitrogens with zero attached hydrogens (tertiary/aromatic N) is 1. The van der Waals surface area contributed by atoms with E-state index >= 15 is 0 Å². The van der Waals surface area contributed by atoms with E-state index in [-0.39, 0.29) is 11.4 Å². The van der Waals surface area contributed by atoms with E-state index in [0.29, 0.717) is 11.5 Å². The molecule has 136 valence electrons. The summed E-state index contributed by atoms with van der Waals surface area (Å²) >= 11 is 1.57. The smallest absolute Gasteiger partial charge is 0.241 e. The minimum absolute atomic E-state index is 0.108. The van der Waals surface area contributed by atoms with E-state index in [9.17, 15) is 8.42 Å². The first-order valence-electron chi connectivity index (χ1n) is 7.73. The zero-order valence-electron chi connectivity index (χ0n) is 14.3. The first-order chi connectivity index (χ1) is 12.5. The molecular weight excluding hydrogens is 372 g/mol. The van der Waals surface area contributed by atoms with Gasteiger partial charge in [0, 0.05) is 29.8 Å². The van der Waals surface area contributed by atoms with Crippen molar-refractivity contribution in [1.82, 2.24) is 9.71 Å². The van der Waals surface area contributed by atoms with Crippen molar-refractivity contribution in [2.45, 2.75) is 11.4 Å². The van der Waals surface area contributed by atoms with Gasteiger partial charge in [0.2, 0.25) is 10.0 Å². The van der Waals surface area contributed by atoms with Gasteiger partial charge in [0.1, 0.15) is 0 Å². The maximum atomic E-state index is 12.6. The van der Waals surface area contributed by atoms with Crippen molar-refractivity contribution < 1.29 is 17.9 Å². The molecule has 0 radical (unpaired) electrons. The zero-order valence-corrected chi connectivity index (χ0v) is 15.9. The summed E-state index contributed by atoms with van der Waals surface area (Å²) < 4.78 is 38.2. The van der Waals surface area contributed by atoms with Gasteiger partial charge in [-0.1, -0.05) is 6.07 Å². The van der Waals surface area contributed by atoms with E-state index < -0.39 is 10.0 Å². The molecular formula is C18H18N2O4S2. The summed E-state index contributed by atoms with van der Waals surface area (Å²) in [6, 6.07) is 10.1. The molecule has 0 aliphatic carbocycles. The summed E-state index contributed by atoms with van der Waals surface area (Å²) in [5, 5.41) is 3.94. The third-order valence-corrected chi connectivity index (χ3v) is 5.89. The highest BCUT2D eigenvalue weighted by Crippen LogP contribution is 2.29. The molecule has 3 rings (SSSR count). The van der Waals surface area contributed by atoms with Gasteiger partial charge in [0.25, 0.3) is 0 Å². The second kappa shape index (κ2) is 7.86. The van der Waals surface area contributed by atoms with Crippen LogP contribution in [0.2, 0.25) is 0 Å². The number of rotatable bonds is 7. The van der Waals surface area contributed by atoms with E-state index in [0.717, 1.165) is 16.8 Å². The maximum absolute atomic E-state index is 12.6. The van der Waals surface area contributed by atoms with Gasteiger partial charge in [-0.2, -0.15) is 11.3 Å². The number of benzene rings is 1. The lowest BCUT2D eigenvalue weighted by Crippen LogP contribution is -2.23. The molecule has 6 nitrogen and oxygen atoms in total. The van der Waals surface area contributed by atoms with Crippen LogP contribution in [0.3, 0.4) is 0 Å². The Morgan fingerprint density at radius 1 is 1.12 bits per heavy atom. The Hall–Kier alpha value is -2.42. The number of ether oxygens (including phenoxy) is 2. The van der Waals surface area contributed by atoms with Crippen molar-refractivity contribution in [3.63, 3.8) is 0 Å². The van der Waals surface area contributed by atoms with E-state index in [1.807, 2.05) is 22.9 Å². The van der Waals surface area contributed by atoms with Crippen molar-refractivity contribution in [3.05, 3.63) is 58.9 Å². The van der Waals surface area contributed by atoms with Crippen molar-refractivity contribution in [2.24, 2.45) is 0 Å². The van der Waals surface area contributed by atoms with Crippen LogP contribution in [0.4, 0.5) is 0 Å². The van der Waals surface area contributed by atoms with Gasteiger partial charge in [0.05, 0.1) is 24.8 Å². The summed E-state index contributed by atoms with van der Waals surface area (Å²) in [6.07, 6.45) is 1.69. The average molecular weight is 390 g/mol. The lowest BCUT2D eigenvalue weighted by Gasteiger charge is -2.12. The number of hydrogen-bond acceptors (Lipinski definition) is 6. The van der Waals surface area contributed by atoms with Crippen LogP contribution in [0.1, 0.15) is 5.56 Å². The van der Waals surface area contributed by atoms with E-state index in [1.54, 1.807) is 29.7 Å². The van der Waals surface area contributed by atoms with Crippen LogP contribution < -0.4 is 14.2 Å². The number of sulfonamides is 1. The molecule has 0 atom stereocenters. The fraction of sp³-hybridized carbons (Fsp3) is 0.167. The molecule has 2 aromatic heterocycles. The molecule has 3 aromatic rings. The van der Waals surface area contributed by atoms with E-state index in [4.69, 9.17) is 9.47 Å². The van der Waals surface area contributed by atoms with Gasteiger partial charge < -0.3 is 9.47 Å². The summed E-state index contributed by atoms with van der Waals surface area (Å²) in [4.78, 5) is 4.49. The largest absolute Gasteiger partial charge is 0.493 e. The number of nitrogens with one attached hydrogen (secondary N) is 1. The highest BCUT2D eigenvalue weighted by molar-refractivity contribution is 7.89. The number of hydrogen-bond donors (Lipinski definition) is 1. The monoisotopic (exact) mass is 390 g/mol. The molecule has 0 amide bonds. The molecule has 1 aromatic carbocycles. The molecule has 0 saturated carbocycles. The summed E-state index contributed by atoms with van der Waals surface area (Å²) in [7, 11) is -0.751. The molecule has 0 bridgehead atoms. The Labute approximate surface area is 156 Å². The molecule has 0 fully saturated rings. The minimum atomic E-state index is -3.71. The normalized spacial score (nSPS) is 11.3. The number of pyridine rings is 1. The fourth-order valence-corrected chi connectivity index (χ4v) is 4.14. The number of thiophene rings is 1. The highest BCUT2D eigenvalue weighted by Gasteiger charge is 2.18. The van der Waals surface area contributed by atoms with Gasteiger partial charge >= 0.3 is 0 Å². The molecule has 1 N–H and O–H groups in total. The van der Waals surface area contributed by atoms with Gasteiger partial charge in [0.15, 0.2) is 11.5 Å². The Kier molecular flexibility index (Phi) is 5.55. The number of methoxy groups -OCH3 is 2. The van der Waals surface area contributed by atoms with Gasteiger partial charge in [-0.25, -0.2) is 13.1 Å². The van der Waals surface area contributed by atoms with Crippen LogP contribution >= 0.6 is 11.3 Å². The predicted molar refractivity (Wildman–Crippen MR) is 101 cm³/mol. The lowest BCUT2D eigenvalue weighted by molar-refractivity contribution is 0.354. The Bertz CT molecular complexity index is 986. The van der Waals surface area contributed by atoms with Crippen LogP contribution in [0.25, 0.3) is 11.3 Å². The summed E-state index contributed by atoms with van der Waals surface area (Å²) in [5.74, 6) is 0.828. The second-order valence-electron chi connectivity index (χ2n) is 5.36. The third-order valence-electron chi connectivity index (χ3n) is 3.80. The summed E-state index contributed by atoms with van der Waals surface area (Å²) in [5.41, 5.74) is 2.54. The van der Waals surface area contributed by atoms with Crippen molar-refractivity contribution >= 4 is 21.4 Å². The molecule has 0 spiro atoms. The predicted octanol–water partition coefficient (Wildman–Crippen LogP) is 3.31. The van der Waals surface area contributed by atoms with Crippen molar-refractivity contribution in [1.29, 1.82) is 0 Å². The molecule has 26 heavy (non-hydrogen) atoms. The molecule has 0 saturated heterocycles. The topological polar surface area (TPSA) is 77.5 Å². The van der Waals surface area contributed by atoms with Crippen LogP contribution in [0.15, 0.2) is 58.3 Å². The maximum Gasteiger partial charge on any atom is 0.241 e. The standard InChI is InChI=1S/C18H18N2O4S2/c1-23-16-6-5-15(10-17(16)24-2)26(21,22)20-11-13-4-3-8-19-18(13)14-7-9-25-12-14/h3-10,12,20H,11H2,1-2H3. The highest BCUT2D eigenvalue weighted by atomic mass is 32.2.